The summed E-state index contributed by atoms with van der Waals surface area (Å²) in [6.07, 6.45) is 4.58. The van der Waals surface area contributed by atoms with Crippen molar-refractivity contribution in [3.05, 3.63) is 59.7 Å². The normalized spacial score (nSPS) is 32.2. The number of piperidine rings is 2. The van der Waals surface area contributed by atoms with Crippen molar-refractivity contribution < 1.29 is 14.0 Å². The van der Waals surface area contributed by atoms with Gasteiger partial charge in [-0.3, -0.25) is 0 Å². The smallest absolute Gasteiger partial charge is 0.233 e. The summed E-state index contributed by atoms with van der Waals surface area (Å²) in [4.78, 5) is 16.0. The van der Waals surface area contributed by atoms with Gasteiger partial charge in [-0.25, -0.2) is 25.3 Å². The number of nitrogens with zero attached hydrogens (tertiary/aromatic N) is 6. The van der Waals surface area contributed by atoms with Crippen molar-refractivity contribution in [2.45, 2.75) is 6.04 Å². The zero-order chi connectivity index (χ0) is 21.5. The molecule has 0 spiro atoms. The van der Waals surface area contributed by atoms with Gasteiger partial charge in [0.25, 0.3) is 0 Å². The number of hydrogen-bond acceptors (Lipinski definition) is 6. The number of hydrogen-bond donors (Lipinski definition) is 1. The summed E-state index contributed by atoms with van der Waals surface area (Å²) in [5.41, 5.74) is 0. The summed E-state index contributed by atoms with van der Waals surface area (Å²) >= 11 is 0. The average Bonchev–Trinajstić information content (AvgIpc) is 3.43. The van der Waals surface area contributed by atoms with Crippen LogP contribution in [0.4, 0.5) is 20.4 Å². The maximum Gasteiger partial charge on any atom is 0.233 e. The van der Waals surface area contributed by atoms with Gasteiger partial charge in [0, 0.05) is 62.8 Å². The second kappa shape index (κ2) is 7.76. The quantitative estimate of drug-likeness (QED) is 0.355. The Kier molecular flexibility index (Phi) is 4.93. The lowest BCUT2D eigenvalue weighted by Crippen LogP contribution is -2.25. The van der Waals surface area contributed by atoms with E-state index in [0.717, 1.165) is 26.2 Å². The first-order valence-corrected chi connectivity index (χ1v) is 10.4. The number of pyridine rings is 2. The third-order valence-corrected chi connectivity index (χ3v) is 6.86. The molecule has 7 nitrogen and oxygen atoms in total. The largest absolute Gasteiger partial charge is 0.411 e. The van der Waals surface area contributed by atoms with Gasteiger partial charge >= 0.3 is 0 Å². The topological polar surface area (TPSA) is 69.2 Å². The van der Waals surface area contributed by atoms with Crippen molar-refractivity contribution in [1.82, 2.24) is 9.97 Å². The van der Waals surface area contributed by atoms with E-state index in [1.54, 1.807) is 6.21 Å². The summed E-state index contributed by atoms with van der Waals surface area (Å²) in [7, 11) is 0. The zero-order valence-corrected chi connectivity index (χ0v) is 16.7. The van der Waals surface area contributed by atoms with Crippen LogP contribution in [-0.2, 0) is 0 Å². The van der Waals surface area contributed by atoms with Crippen molar-refractivity contribution in [1.29, 1.82) is 0 Å². The summed E-state index contributed by atoms with van der Waals surface area (Å²) in [6.45, 7) is 10.4. The fourth-order valence-corrected chi connectivity index (χ4v) is 5.06. The van der Waals surface area contributed by atoms with Crippen LogP contribution in [0.5, 0.6) is 0 Å². The van der Waals surface area contributed by atoms with Crippen LogP contribution in [0, 0.1) is 47.8 Å². The van der Waals surface area contributed by atoms with Gasteiger partial charge < -0.3 is 19.9 Å². The summed E-state index contributed by atoms with van der Waals surface area (Å²) in [5.74, 6) is 3.37. The zero-order valence-electron chi connectivity index (χ0n) is 16.7. The second-order valence-electron chi connectivity index (χ2n) is 8.59. The van der Waals surface area contributed by atoms with Crippen LogP contribution < -0.4 is 9.80 Å². The maximum absolute atomic E-state index is 13.0. The van der Waals surface area contributed by atoms with Crippen molar-refractivity contribution in [2.75, 3.05) is 36.0 Å². The molecule has 6 atom stereocenters. The Morgan fingerprint density at radius 2 is 1.42 bits per heavy atom. The molecule has 2 unspecified atom stereocenters. The molecule has 2 aromatic heterocycles. The molecule has 31 heavy (non-hydrogen) atoms. The first-order chi connectivity index (χ1) is 15.1. The standard InChI is InChI=1S/C11H12FN3O.C11H10FN3/c12-7-1-2-13-11(3-7)15-5-9-8(4-14-16)10(9)6-15;1-13-11-8-5-15(6-9(8)11)10-4-7(12)2-3-14-10/h1-4,8-10,16H,5-6H2;2-4,8-9,11H,5-6H2/b14-4+;/t8?,9-,10+;8-,9+,11?. The molecule has 6 rings (SSSR count). The van der Waals surface area contributed by atoms with Gasteiger partial charge in [0.15, 0.2) is 0 Å². The SMILES string of the molecule is O/N=C/C1[C@H]2CN(c3cc(F)ccn3)C[C@@H]12.[C-]#[N+]C1[C@H]2CN(c3cc(F)ccn3)C[C@@H]12. The van der Waals surface area contributed by atoms with E-state index in [1.165, 1.54) is 36.7 Å². The fourth-order valence-electron chi connectivity index (χ4n) is 5.06. The van der Waals surface area contributed by atoms with E-state index in [-0.39, 0.29) is 17.7 Å². The monoisotopic (exact) mass is 424 g/mol. The van der Waals surface area contributed by atoms with E-state index in [4.69, 9.17) is 11.8 Å². The first-order valence-electron chi connectivity index (χ1n) is 10.4. The Morgan fingerprint density at radius 3 is 1.84 bits per heavy atom. The molecular weight excluding hydrogens is 402 g/mol. The molecule has 2 aromatic rings. The van der Waals surface area contributed by atoms with Crippen molar-refractivity contribution in [2.24, 2.45) is 34.7 Å². The predicted octanol–water partition coefficient (Wildman–Crippen LogP) is 2.94. The highest BCUT2D eigenvalue weighted by atomic mass is 19.1. The Balaban J connectivity index is 0.000000132. The molecule has 0 radical (unpaired) electrons. The predicted molar refractivity (Wildman–Crippen MR) is 111 cm³/mol. The number of fused-ring (bicyclic) bond motifs is 2. The van der Waals surface area contributed by atoms with Crippen molar-refractivity contribution in [3.8, 4) is 0 Å². The lowest BCUT2D eigenvalue weighted by molar-refractivity contribution is 0.319. The minimum absolute atomic E-state index is 0.217. The molecule has 1 N–H and O–H groups in total. The lowest BCUT2D eigenvalue weighted by Gasteiger charge is -2.19. The molecular formula is C22H22F2N6O. The second-order valence-corrected chi connectivity index (χ2v) is 8.59. The lowest BCUT2D eigenvalue weighted by atomic mass is 10.3. The number of aromatic nitrogens is 2. The van der Waals surface area contributed by atoms with Crippen molar-refractivity contribution in [3.63, 3.8) is 0 Å². The molecule has 2 aliphatic heterocycles. The molecule has 2 saturated carbocycles. The summed E-state index contributed by atoms with van der Waals surface area (Å²) < 4.78 is 26.0. The van der Waals surface area contributed by atoms with Gasteiger partial charge in [-0.2, -0.15) is 0 Å². The highest BCUT2D eigenvalue weighted by Gasteiger charge is 2.62. The Morgan fingerprint density at radius 1 is 0.935 bits per heavy atom. The van der Waals surface area contributed by atoms with Crippen LogP contribution in [0.1, 0.15) is 0 Å². The van der Waals surface area contributed by atoms with Gasteiger partial charge in [0.2, 0.25) is 6.04 Å². The van der Waals surface area contributed by atoms with Gasteiger partial charge in [0.1, 0.15) is 23.3 Å². The van der Waals surface area contributed by atoms with E-state index in [0.29, 0.717) is 41.2 Å². The molecule has 0 aromatic carbocycles. The summed E-state index contributed by atoms with van der Waals surface area (Å²) in [6, 6.07) is 5.83. The molecule has 9 heteroatoms. The Hall–Kier alpha value is -3.28. The molecule has 2 saturated heterocycles. The van der Waals surface area contributed by atoms with Crippen molar-refractivity contribution >= 4 is 17.9 Å². The average molecular weight is 424 g/mol. The Bertz CT molecular complexity index is 1020. The van der Waals surface area contributed by atoms with Gasteiger partial charge in [0.05, 0.1) is 11.8 Å². The van der Waals surface area contributed by atoms with E-state index in [9.17, 15) is 8.78 Å². The maximum atomic E-state index is 13.0. The Labute approximate surface area is 178 Å². The fraction of sp³-hybridized carbons (Fsp3) is 0.455. The molecule has 0 bridgehead atoms. The van der Waals surface area contributed by atoms with Crippen LogP contribution in [-0.4, -0.2) is 53.6 Å². The minimum Gasteiger partial charge on any atom is -0.411 e. The summed E-state index contributed by atoms with van der Waals surface area (Å²) in [5, 5.41) is 11.5. The van der Waals surface area contributed by atoms with Crippen LogP contribution in [0.25, 0.3) is 4.85 Å². The molecule has 4 heterocycles. The minimum atomic E-state index is -0.251. The highest BCUT2D eigenvalue weighted by molar-refractivity contribution is 5.67. The first kappa shape index (κ1) is 19.7. The number of oxime groups is 1. The van der Waals surface area contributed by atoms with Gasteiger partial charge in [-0.05, 0) is 24.0 Å². The molecule has 160 valence electrons. The molecule has 4 fully saturated rings. The van der Waals surface area contributed by atoms with E-state index in [2.05, 4.69) is 29.8 Å². The highest BCUT2D eigenvalue weighted by Crippen LogP contribution is 2.51. The van der Waals surface area contributed by atoms with Crippen LogP contribution in [0.15, 0.2) is 41.8 Å². The van der Waals surface area contributed by atoms with Crippen LogP contribution >= 0.6 is 0 Å². The van der Waals surface area contributed by atoms with Gasteiger partial charge in [-0.15, -0.1) is 5.16 Å². The van der Waals surface area contributed by atoms with Crippen LogP contribution in [0.2, 0.25) is 0 Å². The van der Waals surface area contributed by atoms with Gasteiger partial charge in [-0.1, -0.05) is 0 Å². The number of anilines is 2. The van der Waals surface area contributed by atoms with E-state index < -0.39 is 0 Å². The molecule has 2 aliphatic carbocycles. The van der Waals surface area contributed by atoms with E-state index in [1.807, 2.05) is 0 Å². The third kappa shape index (κ3) is 3.78. The van der Waals surface area contributed by atoms with Crippen LogP contribution in [0.3, 0.4) is 0 Å². The third-order valence-electron chi connectivity index (χ3n) is 6.86. The molecule has 0 amide bonds. The number of halogens is 2. The molecule has 4 aliphatic rings. The van der Waals surface area contributed by atoms with E-state index >= 15 is 0 Å². The number of rotatable bonds is 3.